The minimum absolute atomic E-state index is 0.142. The lowest BCUT2D eigenvalue weighted by atomic mass is 9.86. The van der Waals surface area contributed by atoms with E-state index >= 15 is 0 Å². The summed E-state index contributed by atoms with van der Waals surface area (Å²) in [6.07, 6.45) is 0.414. The van der Waals surface area contributed by atoms with E-state index in [2.05, 4.69) is 10.6 Å². The van der Waals surface area contributed by atoms with Crippen LogP contribution in [-0.4, -0.2) is 51.7 Å². The maximum absolute atomic E-state index is 12.7. The SMILES string of the molecule is CC(C)(C)[C@@H](NC(=O)c1ccc2c(c1)CN(C1CCC(=O)NC1=O)C2=O)C(=O)O. The highest BCUT2D eigenvalue weighted by Gasteiger charge is 2.39. The van der Waals surface area contributed by atoms with Crippen molar-refractivity contribution in [2.24, 2.45) is 5.41 Å². The molecule has 0 saturated carbocycles. The number of carbonyl (C=O) groups is 5. The normalized spacial score (nSPS) is 20.2. The lowest BCUT2D eigenvalue weighted by Gasteiger charge is -2.29. The lowest BCUT2D eigenvalue weighted by molar-refractivity contribution is -0.142. The number of carboxylic acids is 1. The standard InChI is InChI=1S/C20H23N3O6/c1-20(2,3)15(19(28)29)22-16(25)10-4-5-12-11(8-10)9-23(18(12)27)13-6-7-14(24)21-17(13)26/h4-5,8,13,15H,6-7,9H2,1-3H3,(H,22,25)(H,28,29)(H,21,24,26)/t13?,15-/m0/s1. The number of nitrogens with one attached hydrogen (secondary N) is 2. The van der Waals surface area contributed by atoms with Gasteiger partial charge in [-0.2, -0.15) is 0 Å². The number of piperidine rings is 1. The van der Waals surface area contributed by atoms with E-state index in [1.165, 1.54) is 23.1 Å². The second-order valence-electron chi connectivity index (χ2n) is 8.38. The number of nitrogens with zero attached hydrogens (tertiary/aromatic N) is 1. The Morgan fingerprint density at radius 1 is 1.24 bits per heavy atom. The molecule has 1 unspecified atom stereocenters. The van der Waals surface area contributed by atoms with E-state index in [0.717, 1.165) is 0 Å². The van der Waals surface area contributed by atoms with E-state index in [1.807, 2.05) is 0 Å². The number of carboxylic acid groups (broad SMARTS) is 1. The molecule has 3 N–H and O–H groups in total. The van der Waals surface area contributed by atoms with Gasteiger partial charge >= 0.3 is 5.97 Å². The van der Waals surface area contributed by atoms with Crippen LogP contribution in [0.5, 0.6) is 0 Å². The van der Waals surface area contributed by atoms with Crippen LogP contribution in [0.3, 0.4) is 0 Å². The quantitative estimate of drug-likeness (QED) is 0.636. The van der Waals surface area contributed by atoms with Crippen LogP contribution in [0.25, 0.3) is 0 Å². The van der Waals surface area contributed by atoms with Gasteiger partial charge in [-0.3, -0.25) is 24.5 Å². The minimum atomic E-state index is -1.13. The van der Waals surface area contributed by atoms with Gasteiger partial charge in [0.15, 0.2) is 0 Å². The van der Waals surface area contributed by atoms with Crippen LogP contribution in [0.2, 0.25) is 0 Å². The van der Waals surface area contributed by atoms with Crippen molar-refractivity contribution in [3.63, 3.8) is 0 Å². The summed E-state index contributed by atoms with van der Waals surface area (Å²) in [4.78, 5) is 61.6. The zero-order valence-electron chi connectivity index (χ0n) is 16.4. The molecule has 9 heteroatoms. The molecule has 1 fully saturated rings. The summed E-state index contributed by atoms with van der Waals surface area (Å²) >= 11 is 0. The molecule has 2 aliphatic rings. The van der Waals surface area contributed by atoms with Crippen molar-refractivity contribution in [1.29, 1.82) is 0 Å². The Morgan fingerprint density at radius 3 is 2.52 bits per heavy atom. The zero-order valence-corrected chi connectivity index (χ0v) is 16.4. The highest BCUT2D eigenvalue weighted by Crippen LogP contribution is 2.28. The van der Waals surface area contributed by atoms with Crippen molar-refractivity contribution in [3.05, 3.63) is 34.9 Å². The second-order valence-corrected chi connectivity index (χ2v) is 8.38. The van der Waals surface area contributed by atoms with Gasteiger partial charge in [0.25, 0.3) is 11.8 Å². The third-order valence-electron chi connectivity index (χ3n) is 5.17. The number of rotatable bonds is 4. The molecule has 9 nitrogen and oxygen atoms in total. The van der Waals surface area contributed by atoms with E-state index in [9.17, 15) is 29.1 Å². The molecule has 1 aromatic rings. The number of fused-ring (bicyclic) bond motifs is 1. The molecule has 1 aromatic carbocycles. The van der Waals surface area contributed by atoms with Gasteiger partial charge in [-0.25, -0.2) is 4.79 Å². The first-order chi connectivity index (χ1) is 13.5. The van der Waals surface area contributed by atoms with Crippen LogP contribution in [0, 0.1) is 5.41 Å². The van der Waals surface area contributed by atoms with Crippen molar-refractivity contribution in [2.45, 2.75) is 52.2 Å². The highest BCUT2D eigenvalue weighted by atomic mass is 16.4. The van der Waals surface area contributed by atoms with Gasteiger partial charge in [0.05, 0.1) is 0 Å². The zero-order chi connectivity index (χ0) is 21.5. The van der Waals surface area contributed by atoms with Crippen LogP contribution in [0.15, 0.2) is 18.2 Å². The summed E-state index contributed by atoms with van der Waals surface area (Å²) in [6, 6.07) is 2.69. The Labute approximate surface area is 167 Å². The molecule has 2 heterocycles. The number of hydrogen-bond acceptors (Lipinski definition) is 5. The van der Waals surface area contributed by atoms with Crippen molar-refractivity contribution in [3.8, 4) is 0 Å². The molecule has 29 heavy (non-hydrogen) atoms. The summed E-state index contributed by atoms with van der Waals surface area (Å²) in [5, 5.41) is 14.1. The van der Waals surface area contributed by atoms with Gasteiger partial charge in [-0.15, -0.1) is 0 Å². The molecule has 4 amide bonds. The van der Waals surface area contributed by atoms with E-state index in [0.29, 0.717) is 11.1 Å². The maximum atomic E-state index is 12.7. The number of hydrogen-bond donors (Lipinski definition) is 3. The Hall–Kier alpha value is -3.23. The Kier molecular flexibility index (Phi) is 5.16. The fraction of sp³-hybridized carbons (Fsp3) is 0.450. The Morgan fingerprint density at radius 2 is 1.93 bits per heavy atom. The smallest absolute Gasteiger partial charge is 0.326 e. The maximum Gasteiger partial charge on any atom is 0.326 e. The molecule has 3 rings (SSSR count). The predicted molar refractivity (Wildman–Crippen MR) is 101 cm³/mol. The highest BCUT2D eigenvalue weighted by molar-refractivity contribution is 6.06. The first kappa shape index (κ1) is 20.5. The monoisotopic (exact) mass is 401 g/mol. The summed E-state index contributed by atoms with van der Waals surface area (Å²) in [7, 11) is 0. The van der Waals surface area contributed by atoms with Gasteiger partial charge in [0.1, 0.15) is 12.1 Å². The molecule has 2 atom stereocenters. The predicted octanol–water partition coefficient (Wildman–Crippen LogP) is 0.677. The molecule has 0 spiro atoms. The average molecular weight is 401 g/mol. The first-order valence-electron chi connectivity index (χ1n) is 9.30. The topological polar surface area (TPSA) is 133 Å². The van der Waals surface area contributed by atoms with Crippen LogP contribution >= 0.6 is 0 Å². The van der Waals surface area contributed by atoms with Crippen LogP contribution in [-0.2, 0) is 20.9 Å². The van der Waals surface area contributed by atoms with Gasteiger partial charge in [0, 0.05) is 24.1 Å². The number of imide groups is 1. The van der Waals surface area contributed by atoms with E-state index in [-0.39, 0.29) is 36.8 Å². The largest absolute Gasteiger partial charge is 0.480 e. The third kappa shape index (κ3) is 3.98. The van der Waals surface area contributed by atoms with Gasteiger partial charge < -0.3 is 15.3 Å². The molecule has 0 aromatic heterocycles. The lowest BCUT2D eigenvalue weighted by Crippen LogP contribution is -2.52. The molecule has 0 bridgehead atoms. The fourth-order valence-electron chi connectivity index (χ4n) is 3.58. The van der Waals surface area contributed by atoms with E-state index < -0.39 is 35.3 Å². The molecule has 0 aliphatic carbocycles. The van der Waals surface area contributed by atoms with Gasteiger partial charge in [-0.1, -0.05) is 20.8 Å². The Balaban J connectivity index is 1.79. The minimum Gasteiger partial charge on any atom is -0.480 e. The molecule has 0 radical (unpaired) electrons. The molecular weight excluding hydrogens is 378 g/mol. The summed E-state index contributed by atoms with van der Waals surface area (Å²) in [6.45, 7) is 5.28. The molecule has 1 saturated heterocycles. The van der Waals surface area contributed by atoms with Crippen LogP contribution in [0.4, 0.5) is 0 Å². The Bertz CT molecular complexity index is 917. The molecule has 154 valence electrons. The van der Waals surface area contributed by atoms with Crippen molar-refractivity contribution in [1.82, 2.24) is 15.5 Å². The van der Waals surface area contributed by atoms with Crippen molar-refractivity contribution < 1.29 is 29.1 Å². The third-order valence-corrected chi connectivity index (χ3v) is 5.17. The number of carbonyl (C=O) groups excluding carboxylic acids is 4. The summed E-state index contributed by atoms with van der Waals surface area (Å²) in [5.41, 5.74) is 0.514. The summed E-state index contributed by atoms with van der Waals surface area (Å²) in [5.74, 6) is -2.89. The van der Waals surface area contributed by atoms with E-state index in [1.54, 1.807) is 20.8 Å². The van der Waals surface area contributed by atoms with Crippen LogP contribution in [0.1, 0.15) is 59.9 Å². The van der Waals surface area contributed by atoms with Crippen LogP contribution < -0.4 is 10.6 Å². The van der Waals surface area contributed by atoms with Crippen molar-refractivity contribution in [2.75, 3.05) is 0 Å². The first-order valence-corrected chi connectivity index (χ1v) is 9.30. The second kappa shape index (κ2) is 7.31. The summed E-state index contributed by atoms with van der Waals surface area (Å²) < 4.78 is 0. The van der Waals surface area contributed by atoms with Gasteiger partial charge in [0.2, 0.25) is 11.8 Å². The molecule has 2 aliphatic heterocycles. The number of aliphatic carboxylic acids is 1. The average Bonchev–Trinajstić information content (AvgIpc) is 2.94. The van der Waals surface area contributed by atoms with E-state index in [4.69, 9.17) is 0 Å². The van der Waals surface area contributed by atoms with Crippen molar-refractivity contribution >= 4 is 29.6 Å². The molecular formula is C20H23N3O6. The number of benzene rings is 1. The number of amides is 4. The van der Waals surface area contributed by atoms with Gasteiger partial charge in [-0.05, 0) is 35.6 Å². The fourth-order valence-corrected chi connectivity index (χ4v) is 3.58.